The van der Waals surface area contributed by atoms with Crippen molar-refractivity contribution in [1.29, 1.82) is 0 Å². The van der Waals surface area contributed by atoms with Crippen molar-refractivity contribution in [2.45, 2.75) is 6.92 Å². The summed E-state index contributed by atoms with van der Waals surface area (Å²) in [6.45, 7) is 14.1. The van der Waals surface area contributed by atoms with Crippen molar-refractivity contribution in [3.63, 3.8) is 0 Å². The molecule has 2 N–H and O–H groups in total. The molecule has 0 aliphatic carbocycles. The predicted octanol–water partition coefficient (Wildman–Crippen LogP) is 1.60. The third kappa shape index (κ3) is 29.3. The molecule has 0 heterocycles. The Morgan fingerprint density at radius 2 is 1.69 bits per heavy atom. The SMILES string of the molecule is C=CC(C)=N[OH2+].[C-]#[O+].[C-]#[O+].[W].c1cc[cH-]c1. The van der Waals surface area contributed by atoms with Crippen molar-refractivity contribution >= 4 is 5.71 Å². The Bertz CT molecular complexity index is 253. The van der Waals surface area contributed by atoms with Gasteiger partial charge in [-0.25, -0.2) is 12.1 Å². The molecule has 0 aliphatic rings. The van der Waals surface area contributed by atoms with Crippen LogP contribution < -0.4 is 0 Å². The van der Waals surface area contributed by atoms with Gasteiger partial charge in [0.15, 0.2) is 0 Å². The minimum Gasteiger partial charge on any atom is -0.214 e. The minimum atomic E-state index is 0. The molecule has 0 saturated carbocycles. The van der Waals surface area contributed by atoms with Gasteiger partial charge in [0.05, 0.1) is 5.16 Å². The molecule has 1 aromatic rings. The van der Waals surface area contributed by atoms with E-state index in [2.05, 4.69) is 25.0 Å². The molecule has 5 heteroatoms. The van der Waals surface area contributed by atoms with Crippen LogP contribution in [0.4, 0.5) is 0 Å². The molecule has 0 aromatic heterocycles. The summed E-state index contributed by atoms with van der Waals surface area (Å²) in [6.07, 6.45) is 1.53. The molecule has 4 nitrogen and oxygen atoms in total. The van der Waals surface area contributed by atoms with Gasteiger partial charge in [0.2, 0.25) is 0 Å². The van der Waals surface area contributed by atoms with Crippen LogP contribution in [0.5, 0.6) is 0 Å². The van der Waals surface area contributed by atoms with Crippen LogP contribution >= 0.6 is 0 Å². The Labute approximate surface area is 110 Å². The van der Waals surface area contributed by atoms with Crippen LogP contribution in [0.25, 0.3) is 0 Å². The molecule has 0 fully saturated rings. The van der Waals surface area contributed by atoms with Gasteiger partial charge >= 0.3 is 22.6 Å². The number of allylic oxidation sites excluding steroid dienone is 1. The summed E-state index contributed by atoms with van der Waals surface area (Å²) in [5, 5.41) is 9.38. The number of rotatable bonds is 1. The third-order valence-electron chi connectivity index (χ3n) is 1.03. The summed E-state index contributed by atoms with van der Waals surface area (Å²) in [5.41, 5.74) is 0.648. The van der Waals surface area contributed by atoms with Crippen molar-refractivity contribution in [1.82, 2.24) is 0 Å². The zero-order valence-corrected chi connectivity index (χ0v) is 11.8. The smallest absolute Gasteiger partial charge is 0 e. The Balaban J connectivity index is -0.0000000658. The topological polar surface area (TPSA) is 75.1 Å². The van der Waals surface area contributed by atoms with Gasteiger partial charge < -0.3 is 5.21 Å². The number of hydrogen-bond acceptors (Lipinski definition) is 1. The summed E-state index contributed by atoms with van der Waals surface area (Å²) >= 11 is 0. The molecule has 16 heavy (non-hydrogen) atoms. The van der Waals surface area contributed by atoms with Crippen LogP contribution in [0.2, 0.25) is 0 Å². The first kappa shape index (κ1) is 24.1. The van der Waals surface area contributed by atoms with Crippen molar-refractivity contribution in [3.8, 4) is 0 Å². The summed E-state index contributed by atoms with van der Waals surface area (Å²) < 4.78 is 15.0. The summed E-state index contributed by atoms with van der Waals surface area (Å²) in [7, 11) is 0. The molecule has 0 atom stereocenters. The minimum absolute atomic E-state index is 0. The van der Waals surface area contributed by atoms with Crippen molar-refractivity contribution in [2.75, 3.05) is 0 Å². The second kappa shape index (κ2) is 29.2. The fourth-order valence-electron chi connectivity index (χ4n) is 0.366. The van der Waals surface area contributed by atoms with E-state index in [4.69, 9.17) is 14.5 Å². The van der Waals surface area contributed by atoms with E-state index in [1.807, 2.05) is 30.3 Å². The normalized spacial score (nSPS) is 6.94. The van der Waals surface area contributed by atoms with Crippen molar-refractivity contribution < 1.29 is 35.6 Å². The fraction of sp³-hybridized carbons (Fsp3) is 0.0909. The van der Waals surface area contributed by atoms with Crippen LogP contribution in [0, 0.1) is 13.3 Å². The number of hydrogen-bond donors (Lipinski definition) is 0. The molecule has 0 bridgehead atoms. The van der Waals surface area contributed by atoms with E-state index in [1.165, 1.54) is 6.08 Å². The van der Waals surface area contributed by atoms with Gasteiger partial charge in [-0.2, -0.15) is 18.2 Å². The molecule has 0 radical (unpaired) electrons. The molecule has 1 rings (SSSR count). The van der Waals surface area contributed by atoms with Crippen LogP contribution in [-0.4, -0.2) is 10.9 Å². The number of nitrogens with zero attached hydrogens (tertiary/aromatic N) is 1. The van der Waals surface area contributed by atoms with Crippen LogP contribution in [-0.2, 0) is 30.4 Å². The van der Waals surface area contributed by atoms with E-state index >= 15 is 0 Å². The molecule has 0 unspecified atom stereocenters. The van der Waals surface area contributed by atoms with Crippen LogP contribution in [0.3, 0.4) is 0 Å². The van der Waals surface area contributed by atoms with Crippen molar-refractivity contribution in [2.24, 2.45) is 5.16 Å². The quantitative estimate of drug-likeness (QED) is 0.302. The maximum absolute atomic E-state index is 7.50. The average Bonchev–Trinajstić information content (AvgIpc) is 2.92. The monoisotopic (exact) mass is 391 g/mol. The van der Waals surface area contributed by atoms with E-state index in [9.17, 15) is 0 Å². The molecule has 86 valence electrons. The molecule has 0 amide bonds. The summed E-state index contributed by atoms with van der Waals surface area (Å²) in [6, 6.07) is 10.0. The van der Waals surface area contributed by atoms with Crippen LogP contribution in [0.1, 0.15) is 6.92 Å². The molecule has 1 aromatic carbocycles. The van der Waals surface area contributed by atoms with Crippen LogP contribution in [0.15, 0.2) is 48.1 Å². The van der Waals surface area contributed by atoms with Gasteiger partial charge in [0.1, 0.15) is 5.71 Å². The zero-order chi connectivity index (χ0) is 12.5. The second-order valence-electron chi connectivity index (χ2n) is 1.92. The fourth-order valence-corrected chi connectivity index (χ4v) is 0.366. The third-order valence-corrected chi connectivity index (χ3v) is 1.03. The van der Waals surface area contributed by atoms with Crippen molar-refractivity contribution in [3.05, 3.63) is 56.3 Å². The van der Waals surface area contributed by atoms with Gasteiger partial charge in [-0.1, -0.05) is 6.58 Å². The molecular weight excluding hydrogens is 378 g/mol. The Morgan fingerprint density at radius 1 is 1.31 bits per heavy atom. The van der Waals surface area contributed by atoms with Gasteiger partial charge in [0.25, 0.3) is 0 Å². The first-order chi connectivity index (χ1) is 7.31. The first-order valence-electron chi connectivity index (χ1n) is 3.72. The maximum atomic E-state index is 7.50. The Kier molecular flexibility index (Phi) is 44.0. The van der Waals surface area contributed by atoms with Gasteiger partial charge in [-0.15, -0.1) is 0 Å². The molecular formula is C11H13NO3W. The van der Waals surface area contributed by atoms with E-state index in [1.54, 1.807) is 6.92 Å². The van der Waals surface area contributed by atoms with Gasteiger partial charge in [-0.3, -0.25) is 0 Å². The van der Waals surface area contributed by atoms with E-state index in [-0.39, 0.29) is 21.1 Å². The van der Waals surface area contributed by atoms with E-state index < -0.39 is 0 Å². The largest absolute Gasteiger partial charge is 0.214 e. The second-order valence-corrected chi connectivity index (χ2v) is 1.92. The zero-order valence-electron chi connectivity index (χ0n) is 8.84. The summed E-state index contributed by atoms with van der Waals surface area (Å²) in [5.74, 6) is 0. The predicted molar refractivity (Wildman–Crippen MR) is 56.8 cm³/mol. The Morgan fingerprint density at radius 3 is 1.75 bits per heavy atom. The maximum Gasteiger partial charge on any atom is 0 e. The molecule has 0 saturated heterocycles. The molecule has 0 aliphatic heterocycles. The standard InChI is InChI=1S/C5H5.C4H7NO.2CO.W/c1-2-4-5-3-1;1-3-4(2)5-6;2*1-2;/h1-5H;3,6H,1H2,2H3;;;/q-1;;;;/p+1. The average molecular weight is 391 g/mol. The van der Waals surface area contributed by atoms with Gasteiger partial charge in [-0.05, 0) is 13.0 Å². The molecule has 0 spiro atoms. The van der Waals surface area contributed by atoms with E-state index in [0.717, 1.165) is 0 Å². The first-order valence-corrected chi connectivity index (χ1v) is 3.72. The Hall–Kier alpha value is -1.27. The van der Waals surface area contributed by atoms with E-state index in [0.29, 0.717) is 5.71 Å². The van der Waals surface area contributed by atoms with Gasteiger partial charge in [0, 0.05) is 21.1 Å². The summed E-state index contributed by atoms with van der Waals surface area (Å²) in [4.78, 5) is 0.